The third-order valence-corrected chi connectivity index (χ3v) is 2.43. The highest BCUT2D eigenvalue weighted by atomic mass is 79.9. The Balaban J connectivity index is 3.30. The predicted octanol–water partition coefficient (Wildman–Crippen LogP) is 3.71. The molecule has 0 bridgehead atoms. The molecule has 6 heteroatoms. The number of hydrogen-bond acceptors (Lipinski definition) is 1. The van der Waals surface area contributed by atoms with Gasteiger partial charge in [0.25, 0.3) is 6.43 Å². The number of alkyl halides is 3. The first-order chi connectivity index (χ1) is 6.07. The summed E-state index contributed by atoms with van der Waals surface area (Å²) in [5, 5.41) is -0.278. The second kappa shape index (κ2) is 4.28. The summed E-state index contributed by atoms with van der Waals surface area (Å²) >= 11 is 8.39. The maximum atomic E-state index is 12.7. The van der Waals surface area contributed by atoms with Gasteiger partial charge >= 0.3 is 0 Å². The van der Waals surface area contributed by atoms with Gasteiger partial charge in [0.1, 0.15) is 5.02 Å². The summed E-state index contributed by atoms with van der Waals surface area (Å²) in [6.45, 7) is 0. The molecule has 0 aliphatic rings. The molecule has 0 unspecified atom stereocenters. The van der Waals surface area contributed by atoms with Crippen LogP contribution in [0, 0.1) is 5.95 Å². The minimum Gasteiger partial charge on any atom is -0.226 e. The summed E-state index contributed by atoms with van der Waals surface area (Å²) in [6, 6.07) is 0. The van der Waals surface area contributed by atoms with E-state index in [2.05, 4.69) is 20.9 Å². The number of aromatic nitrogens is 1. The second-order valence-electron chi connectivity index (χ2n) is 2.23. The van der Waals surface area contributed by atoms with Crippen LogP contribution in [-0.2, 0) is 5.33 Å². The number of nitrogens with zero attached hydrogens (tertiary/aromatic N) is 1. The molecule has 0 saturated carbocycles. The number of halogens is 5. The zero-order chi connectivity index (χ0) is 10.0. The minimum atomic E-state index is -2.70. The van der Waals surface area contributed by atoms with E-state index >= 15 is 0 Å². The zero-order valence-electron chi connectivity index (χ0n) is 6.20. The fraction of sp³-hybridized carbons (Fsp3) is 0.286. The Morgan fingerprint density at radius 1 is 1.54 bits per heavy atom. The Labute approximate surface area is 86.0 Å². The third-order valence-electron chi connectivity index (χ3n) is 1.48. The van der Waals surface area contributed by atoms with Crippen molar-refractivity contribution in [3.8, 4) is 0 Å². The van der Waals surface area contributed by atoms with Crippen molar-refractivity contribution in [3.05, 3.63) is 28.3 Å². The van der Waals surface area contributed by atoms with Crippen molar-refractivity contribution in [3.63, 3.8) is 0 Å². The van der Waals surface area contributed by atoms with Gasteiger partial charge in [-0.05, 0) is 5.56 Å². The zero-order valence-corrected chi connectivity index (χ0v) is 8.54. The highest BCUT2D eigenvalue weighted by Crippen LogP contribution is 2.30. The molecule has 0 amide bonds. The Morgan fingerprint density at radius 2 is 2.15 bits per heavy atom. The Kier molecular flexibility index (Phi) is 3.55. The van der Waals surface area contributed by atoms with Gasteiger partial charge < -0.3 is 0 Å². The molecule has 72 valence electrons. The van der Waals surface area contributed by atoms with Crippen LogP contribution >= 0.6 is 27.5 Å². The Morgan fingerprint density at radius 3 is 2.62 bits per heavy atom. The Bertz CT molecular complexity index is 319. The van der Waals surface area contributed by atoms with Gasteiger partial charge in [0.15, 0.2) is 0 Å². The van der Waals surface area contributed by atoms with Crippen molar-refractivity contribution in [2.24, 2.45) is 0 Å². The van der Waals surface area contributed by atoms with Gasteiger partial charge in [0.05, 0.1) is 0 Å². The van der Waals surface area contributed by atoms with Crippen molar-refractivity contribution < 1.29 is 13.2 Å². The molecule has 0 N–H and O–H groups in total. The van der Waals surface area contributed by atoms with Gasteiger partial charge in [-0.25, -0.2) is 13.8 Å². The molecule has 1 aromatic heterocycles. The number of pyridine rings is 1. The first-order valence-corrected chi connectivity index (χ1v) is 4.74. The molecular formula is C7H4BrClF3N. The molecule has 0 saturated heterocycles. The SMILES string of the molecule is Fc1ncc(C(F)F)c(CBr)c1Cl. The molecule has 0 aromatic carbocycles. The normalized spacial score (nSPS) is 10.9. The van der Waals surface area contributed by atoms with Gasteiger partial charge in [0, 0.05) is 17.1 Å². The molecule has 0 fully saturated rings. The lowest BCUT2D eigenvalue weighted by Gasteiger charge is -2.07. The van der Waals surface area contributed by atoms with Crippen LogP contribution in [-0.4, -0.2) is 4.98 Å². The highest BCUT2D eigenvalue weighted by molar-refractivity contribution is 9.08. The van der Waals surface area contributed by atoms with E-state index in [0.29, 0.717) is 0 Å². The maximum Gasteiger partial charge on any atom is 0.265 e. The fourth-order valence-electron chi connectivity index (χ4n) is 0.836. The van der Waals surface area contributed by atoms with Crippen LogP contribution in [0.1, 0.15) is 17.6 Å². The van der Waals surface area contributed by atoms with E-state index in [1.165, 1.54) is 0 Å². The van der Waals surface area contributed by atoms with Crippen LogP contribution in [0.3, 0.4) is 0 Å². The van der Waals surface area contributed by atoms with Crippen molar-refractivity contribution in [2.75, 3.05) is 0 Å². The topological polar surface area (TPSA) is 12.9 Å². The Hall–Kier alpha value is -0.290. The maximum absolute atomic E-state index is 12.7. The lowest BCUT2D eigenvalue weighted by molar-refractivity contribution is 0.150. The van der Waals surface area contributed by atoms with E-state index in [4.69, 9.17) is 11.6 Å². The molecule has 1 aromatic rings. The highest BCUT2D eigenvalue weighted by Gasteiger charge is 2.18. The average Bonchev–Trinajstić information content (AvgIpc) is 2.09. The van der Waals surface area contributed by atoms with Crippen LogP contribution in [0.15, 0.2) is 6.20 Å². The van der Waals surface area contributed by atoms with Crippen LogP contribution < -0.4 is 0 Å². The smallest absolute Gasteiger partial charge is 0.226 e. The van der Waals surface area contributed by atoms with E-state index in [1.807, 2.05) is 0 Å². The molecule has 0 spiro atoms. The largest absolute Gasteiger partial charge is 0.265 e. The van der Waals surface area contributed by atoms with Crippen LogP contribution in [0.5, 0.6) is 0 Å². The second-order valence-corrected chi connectivity index (χ2v) is 3.17. The first-order valence-electron chi connectivity index (χ1n) is 3.24. The van der Waals surface area contributed by atoms with Gasteiger partial charge in [-0.1, -0.05) is 27.5 Å². The van der Waals surface area contributed by atoms with Crippen LogP contribution in [0.2, 0.25) is 5.02 Å². The molecule has 0 aliphatic carbocycles. The summed E-state index contributed by atoms with van der Waals surface area (Å²) in [4.78, 5) is 3.11. The van der Waals surface area contributed by atoms with Crippen LogP contribution in [0.25, 0.3) is 0 Å². The molecule has 1 nitrogen and oxygen atoms in total. The molecule has 1 rings (SSSR count). The van der Waals surface area contributed by atoms with Crippen molar-refractivity contribution in [2.45, 2.75) is 11.8 Å². The first kappa shape index (κ1) is 10.8. The van der Waals surface area contributed by atoms with E-state index in [1.54, 1.807) is 0 Å². The third kappa shape index (κ3) is 2.14. The van der Waals surface area contributed by atoms with Crippen LogP contribution in [0.4, 0.5) is 13.2 Å². The van der Waals surface area contributed by atoms with Crippen molar-refractivity contribution in [1.82, 2.24) is 4.98 Å². The molecular weight excluding hydrogens is 270 g/mol. The van der Waals surface area contributed by atoms with E-state index in [0.717, 1.165) is 6.20 Å². The van der Waals surface area contributed by atoms with E-state index in [-0.39, 0.29) is 21.5 Å². The van der Waals surface area contributed by atoms with Crippen molar-refractivity contribution in [1.29, 1.82) is 0 Å². The van der Waals surface area contributed by atoms with Crippen molar-refractivity contribution >= 4 is 27.5 Å². The summed E-state index contributed by atoms with van der Waals surface area (Å²) in [6.07, 6.45) is -1.90. The fourth-order valence-corrected chi connectivity index (χ4v) is 1.83. The summed E-state index contributed by atoms with van der Waals surface area (Å²) in [5.74, 6) is -0.930. The standard InChI is InChI=1S/C7H4BrClF3N/c8-1-3-4(6(10)11)2-13-7(12)5(3)9/h2,6H,1H2. The number of hydrogen-bond donors (Lipinski definition) is 0. The van der Waals surface area contributed by atoms with Gasteiger partial charge in [-0.2, -0.15) is 4.39 Å². The minimum absolute atomic E-state index is 0.0455. The summed E-state index contributed by atoms with van der Waals surface area (Å²) < 4.78 is 37.3. The lowest BCUT2D eigenvalue weighted by atomic mass is 10.2. The monoisotopic (exact) mass is 273 g/mol. The predicted molar refractivity (Wildman–Crippen MR) is 46.8 cm³/mol. The molecule has 1 heterocycles. The van der Waals surface area contributed by atoms with Gasteiger partial charge in [-0.3, -0.25) is 0 Å². The van der Waals surface area contributed by atoms with Gasteiger partial charge in [-0.15, -0.1) is 0 Å². The molecule has 0 atom stereocenters. The van der Waals surface area contributed by atoms with E-state index in [9.17, 15) is 13.2 Å². The molecule has 0 radical (unpaired) electrons. The average molecular weight is 274 g/mol. The van der Waals surface area contributed by atoms with E-state index < -0.39 is 12.4 Å². The summed E-state index contributed by atoms with van der Waals surface area (Å²) in [7, 11) is 0. The summed E-state index contributed by atoms with van der Waals surface area (Å²) in [5.41, 5.74) is -0.299. The van der Waals surface area contributed by atoms with Gasteiger partial charge in [0.2, 0.25) is 5.95 Å². The molecule has 0 aliphatic heterocycles. The number of rotatable bonds is 2. The molecule has 13 heavy (non-hydrogen) atoms. The lowest BCUT2D eigenvalue weighted by Crippen LogP contribution is -1.98. The quantitative estimate of drug-likeness (QED) is 0.592.